The summed E-state index contributed by atoms with van der Waals surface area (Å²) in [4.78, 5) is 16.5. The molecule has 136 valence electrons. The van der Waals surface area contributed by atoms with Gasteiger partial charge in [0.15, 0.2) is 0 Å². The molecule has 0 bridgehead atoms. The van der Waals surface area contributed by atoms with Crippen LogP contribution in [-0.2, 0) is 9.84 Å². The average molecular weight is 409 g/mol. The molecule has 0 aliphatic rings. The third kappa shape index (κ3) is 4.23. The molecule has 1 amide bonds. The maximum absolute atomic E-state index is 12.4. The third-order valence-corrected chi connectivity index (χ3v) is 7.32. The van der Waals surface area contributed by atoms with Crippen LogP contribution in [0.5, 0.6) is 0 Å². The van der Waals surface area contributed by atoms with Crippen LogP contribution in [0.2, 0.25) is 5.02 Å². The first-order valence-corrected chi connectivity index (χ1v) is 10.8. The standard InChI is InChI=1S/C18H17ClN2O3S2/c1-11(2)10-26(23,24)18-21-15-7-6-14(9-16(15)25-18)20-17(22)12-4-3-5-13(19)8-12/h3-9,11H,10H2,1-2H3,(H,20,22). The van der Waals surface area contributed by atoms with Gasteiger partial charge in [-0.1, -0.05) is 31.5 Å². The van der Waals surface area contributed by atoms with Crippen LogP contribution in [0.3, 0.4) is 0 Å². The Kier molecular flexibility index (Phi) is 5.32. The highest BCUT2D eigenvalue weighted by Crippen LogP contribution is 2.29. The third-order valence-electron chi connectivity index (χ3n) is 3.53. The Morgan fingerprint density at radius 3 is 2.69 bits per heavy atom. The average Bonchev–Trinajstić information content (AvgIpc) is 2.98. The van der Waals surface area contributed by atoms with Crippen molar-refractivity contribution >= 4 is 54.6 Å². The van der Waals surface area contributed by atoms with Gasteiger partial charge in [0.25, 0.3) is 5.91 Å². The predicted molar refractivity (Wildman–Crippen MR) is 106 cm³/mol. The van der Waals surface area contributed by atoms with Crippen LogP contribution in [0, 0.1) is 5.92 Å². The van der Waals surface area contributed by atoms with Crippen LogP contribution in [0.4, 0.5) is 5.69 Å². The Balaban J connectivity index is 1.87. The van der Waals surface area contributed by atoms with Gasteiger partial charge in [-0.3, -0.25) is 4.79 Å². The molecule has 2 aromatic carbocycles. The lowest BCUT2D eigenvalue weighted by Gasteiger charge is -2.05. The van der Waals surface area contributed by atoms with Crippen LogP contribution in [0.15, 0.2) is 46.8 Å². The van der Waals surface area contributed by atoms with Crippen molar-refractivity contribution in [1.29, 1.82) is 0 Å². The van der Waals surface area contributed by atoms with Gasteiger partial charge in [0.05, 0.1) is 16.0 Å². The zero-order valence-corrected chi connectivity index (χ0v) is 16.6. The van der Waals surface area contributed by atoms with Gasteiger partial charge in [-0.05, 0) is 42.3 Å². The summed E-state index contributed by atoms with van der Waals surface area (Å²) >= 11 is 7.02. The van der Waals surface area contributed by atoms with Crippen molar-refractivity contribution in [1.82, 2.24) is 4.98 Å². The highest BCUT2D eigenvalue weighted by atomic mass is 35.5. The molecule has 0 spiro atoms. The van der Waals surface area contributed by atoms with Crippen LogP contribution < -0.4 is 5.32 Å². The van der Waals surface area contributed by atoms with Crippen molar-refractivity contribution in [3.63, 3.8) is 0 Å². The number of anilines is 1. The van der Waals surface area contributed by atoms with Gasteiger partial charge >= 0.3 is 0 Å². The quantitative estimate of drug-likeness (QED) is 0.667. The van der Waals surface area contributed by atoms with E-state index in [-0.39, 0.29) is 21.9 Å². The number of sulfone groups is 1. The summed E-state index contributed by atoms with van der Waals surface area (Å²) < 4.78 is 25.5. The van der Waals surface area contributed by atoms with Gasteiger partial charge in [-0.25, -0.2) is 13.4 Å². The summed E-state index contributed by atoms with van der Waals surface area (Å²) in [6.45, 7) is 3.71. The van der Waals surface area contributed by atoms with Crippen LogP contribution >= 0.6 is 22.9 Å². The molecule has 0 aliphatic heterocycles. The summed E-state index contributed by atoms with van der Waals surface area (Å²) in [5.41, 5.74) is 1.61. The minimum Gasteiger partial charge on any atom is -0.322 e. The van der Waals surface area contributed by atoms with Crippen LogP contribution in [-0.4, -0.2) is 25.1 Å². The smallest absolute Gasteiger partial charge is 0.255 e. The van der Waals surface area contributed by atoms with Crippen molar-refractivity contribution in [3.8, 4) is 0 Å². The van der Waals surface area contributed by atoms with Crippen molar-refractivity contribution in [2.24, 2.45) is 5.92 Å². The van der Waals surface area contributed by atoms with E-state index < -0.39 is 9.84 Å². The number of nitrogens with zero attached hydrogens (tertiary/aromatic N) is 1. The molecule has 8 heteroatoms. The fraction of sp³-hybridized carbons (Fsp3) is 0.222. The number of thiazole rings is 1. The van der Waals surface area contributed by atoms with E-state index in [0.29, 0.717) is 26.5 Å². The topological polar surface area (TPSA) is 76.1 Å². The van der Waals surface area contributed by atoms with Crippen LogP contribution in [0.1, 0.15) is 24.2 Å². The Hall–Kier alpha value is -1.96. The molecule has 0 radical (unpaired) electrons. The number of rotatable bonds is 5. The number of fused-ring (bicyclic) bond motifs is 1. The molecule has 0 fully saturated rings. The molecule has 5 nitrogen and oxygen atoms in total. The lowest BCUT2D eigenvalue weighted by molar-refractivity contribution is 0.102. The Labute approximate surface area is 160 Å². The van der Waals surface area contributed by atoms with E-state index in [9.17, 15) is 13.2 Å². The lowest BCUT2D eigenvalue weighted by Crippen LogP contribution is -2.11. The molecule has 1 N–H and O–H groups in total. The van der Waals surface area contributed by atoms with Gasteiger partial charge in [0.1, 0.15) is 0 Å². The monoisotopic (exact) mass is 408 g/mol. The summed E-state index contributed by atoms with van der Waals surface area (Å²) in [6, 6.07) is 11.8. The molecular formula is C18H17ClN2O3S2. The maximum atomic E-state index is 12.4. The number of carbonyl (C=O) groups excluding carboxylic acids is 1. The summed E-state index contributed by atoms with van der Waals surface area (Å²) in [6.07, 6.45) is 0. The number of amides is 1. The molecule has 26 heavy (non-hydrogen) atoms. The number of hydrogen-bond acceptors (Lipinski definition) is 5. The number of carbonyl (C=O) groups is 1. The second kappa shape index (κ2) is 7.34. The summed E-state index contributed by atoms with van der Waals surface area (Å²) in [7, 11) is -3.40. The Morgan fingerprint density at radius 2 is 2.00 bits per heavy atom. The predicted octanol–water partition coefficient (Wildman–Crippen LogP) is 4.63. The molecule has 3 rings (SSSR count). The summed E-state index contributed by atoms with van der Waals surface area (Å²) in [5, 5.41) is 3.27. The van der Waals surface area contributed by atoms with Gasteiger partial charge in [-0.2, -0.15) is 0 Å². The normalized spacial score (nSPS) is 11.8. The van der Waals surface area contributed by atoms with E-state index in [2.05, 4.69) is 10.3 Å². The number of hydrogen-bond donors (Lipinski definition) is 1. The molecule has 0 unspecified atom stereocenters. The number of halogens is 1. The first kappa shape index (κ1) is 18.8. The number of nitrogens with one attached hydrogen (secondary N) is 1. The van der Waals surface area contributed by atoms with E-state index in [0.717, 1.165) is 11.3 Å². The fourth-order valence-corrected chi connectivity index (χ4v) is 5.62. The molecule has 0 atom stereocenters. The van der Waals surface area contributed by atoms with Crippen LogP contribution in [0.25, 0.3) is 10.2 Å². The van der Waals surface area contributed by atoms with Gasteiger partial charge < -0.3 is 5.32 Å². The van der Waals surface area contributed by atoms with Gasteiger partial charge in [0.2, 0.25) is 14.2 Å². The van der Waals surface area contributed by atoms with Crippen molar-refractivity contribution in [2.75, 3.05) is 11.1 Å². The minimum atomic E-state index is -3.40. The maximum Gasteiger partial charge on any atom is 0.255 e. The van der Waals surface area contributed by atoms with Crippen molar-refractivity contribution in [3.05, 3.63) is 53.1 Å². The number of aromatic nitrogens is 1. The molecule has 0 aliphatic carbocycles. The summed E-state index contributed by atoms with van der Waals surface area (Å²) in [5.74, 6) is -0.200. The highest BCUT2D eigenvalue weighted by Gasteiger charge is 2.21. The van der Waals surface area contributed by atoms with Gasteiger partial charge in [0, 0.05) is 16.3 Å². The first-order valence-electron chi connectivity index (χ1n) is 7.95. The Morgan fingerprint density at radius 1 is 1.23 bits per heavy atom. The molecule has 0 saturated carbocycles. The second-order valence-corrected chi connectivity index (χ2v) is 9.98. The van der Waals surface area contributed by atoms with E-state index in [4.69, 9.17) is 11.6 Å². The fourth-order valence-electron chi connectivity index (χ4n) is 2.46. The number of benzene rings is 2. The van der Waals surface area contributed by atoms with Crippen molar-refractivity contribution in [2.45, 2.75) is 18.2 Å². The largest absolute Gasteiger partial charge is 0.322 e. The molecule has 3 aromatic rings. The second-order valence-electron chi connectivity index (χ2n) is 6.30. The Bertz CT molecular complexity index is 1070. The van der Waals surface area contributed by atoms with E-state index in [1.807, 2.05) is 13.8 Å². The van der Waals surface area contributed by atoms with E-state index in [1.165, 1.54) is 0 Å². The zero-order chi connectivity index (χ0) is 18.9. The zero-order valence-electron chi connectivity index (χ0n) is 14.2. The molecular weight excluding hydrogens is 392 g/mol. The van der Waals surface area contributed by atoms with E-state index in [1.54, 1.807) is 42.5 Å². The molecule has 0 saturated heterocycles. The molecule has 1 aromatic heterocycles. The first-order chi connectivity index (χ1) is 12.2. The van der Waals surface area contributed by atoms with Gasteiger partial charge in [-0.15, -0.1) is 11.3 Å². The SMILES string of the molecule is CC(C)CS(=O)(=O)c1nc2ccc(NC(=O)c3cccc(Cl)c3)cc2s1. The molecule has 1 heterocycles. The minimum absolute atomic E-state index is 0.0274. The van der Waals surface area contributed by atoms with Crippen molar-refractivity contribution < 1.29 is 13.2 Å². The lowest BCUT2D eigenvalue weighted by atomic mass is 10.2. The van der Waals surface area contributed by atoms with E-state index >= 15 is 0 Å². The highest BCUT2D eigenvalue weighted by molar-refractivity contribution is 7.93.